The lowest BCUT2D eigenvalue weighted by Gasteiger charge is -2.29. The van der Waals surface area contributed by atoms with Crippen LogP contribution in [0.2, 0.25) is 0 Å². The molecule has 1 aromatic rings. The molecule has 21 heavy (non-hydrogen) atoms. The second-order valence-corrected chi connectivity index (χ2v) is 8.70. The van der Waals surface area contributed by atoms with Crippen LogP contribution in [0.1, 0.15) is 20.3 Å². The van der Waals surface area contributed by atoms with Gasteiger partial charge in [-0.2, -0.15) is 0 Å². The molecular formula is C14H20N2O3S2. The Bertz CT molecular complexity index is 589. The Morgan fingerprint density at radius 3 is 2.81 bits per heavy atom. The number of amides is 1. The van der Waals surface area contributed by atoms with E-state index in [0.717, 1.165) is 5.03 Å². The van der Waals surface area contributed by atoms with Crippen LogP contribution in [0.4, 0.5) is 0 Å². The topological polar surface area (TPSA) is 67.3 Å². The molecular weight excluding hydrogens is 308 g/mol. The van der Waals surface area contributed by atoms with E-state index in [1.165, 1.54) is 11.8 Å². The SMILES string of the molecule is CCN(C(=O)C(C)Sc1ccccn1)C1CCS(=O)(=O)C1. The largest absolute Gasteiger partial charge is 0.338 e. The summed E-state index contributed by atoms with van der Waals surface area (Å²) in [7, 11) is -2.98. The number of sulfone groups is 1. The van der Waals surface area contributed by atoms with Crippen molar-refractivity contribution in [1.29, 1.82) is 0 Å². The standard InChI is InChI=1S/C14H20N2O3S2/c1-3-16(12-7-9-21(18,19)10-12)14(17)11(2)20-13-6-4-5-8-15-13/h4-6,8,11-12H,3,7,9-10H2,1-2H3. The van der Waals surface area contributed by atoms with Crippen LogP contribution < -0.4 is 0 Å². The number of rotatable bonds is 5. The van der Waals surface area contributed by atoms with Crippen molar-refractivity contribution in [3.8, 4) is 0 Å². The molecule has 2 atom stereocenters. The molecule has 1 fully saturated rings. The number of aromatic nitrogens is 1. The van der Waals surface area contributed by atoms with Crippen LogP contribution in [-0.2, 0) is 14.6 Å². The Balaban J connectivity index is 2.03. The van der Waals surface area contributed by atoms with Crippen LogP contribution in [0.15, 0.2) is 29.4 Å². The van der Waals surface area contributed by atoms with E-state index in [9.17, 15) is 13.2 Å². The highest BCUT2D eigenvalue weighted by Crippen LogP contribution is 2.25. The van der Waals surface area contributed by atoms with Crippen LogP contribution >= 0.6 is 11.8 Å². The molecule has 0 aromatic carbocycles. The summed E-state index contributed by atoms with van der Waals surface area (Å²) in [5, 5.41) is 0.525. The predicted molar refractivity (Wildman–Crippen MR) is 84.0 cm³/mol. The number of hydrogen-bond acceptors (Lipinski definition) is 5. The van der Waals surface area contributed by atoms with Crippen LogP contribution in [0.3, 0.4) is 0 Å². The molecule has 2 unspecified atom stereocenters. The van der Waals surface area contributed by atoms with E-state index in [2.05, 4.69) is 4.98 Å². The molecule has 0 radical (unpaired) electrons. The minimum Gasteiger partial charge on any atom is -0.338 e. The van der Waals surface area contributed by atoms with E-state index in [-0.39, 0.29) is 28.7 Å². The summed E-state index contributed by atoms with van der Waals surface area (Å²) in [4.78, 5) is 18.5. The van der Waals surface area contributed by atoms with Gasteiger partial charge in [0.1, 0.15) is 0 Å². The van der Waals surface area contributed by atoms with Crippen LogP contribution in [0, 0.1) is 0 Å². The molecule has 1 aliphatic heterocycles. The lowest BCUT2D eigenvalue weighted by atomic mass is 10.2. The average molecular weight is 328 g/mol. The first-order chi connectivity index (χ1) is 9.93. The van der Waals surface area contributed by atoms with Gasteiger partial charge in [-0.1, -0.05) is 17.8 Å². The average Bonchev–Trinajstić information content (AvgIpc) is 2.80. The molecule has 1 aromatic heterocycles. The van der Waals surface area contributed by atoms with Crippen LogP contribution in [0.25, 0.3) is 0 Å². The molecule has 0 saturated carbocycles. The summed E-state index contributed by atoms with van der Waals surface area (Å²) in [6.45, 7) is 4.26. The van der Waals surface area contributed by atoms with Gasteiger partial charge in [0, 0.05) is 18.8 Å². The van der Waals surface area contributed by atoms with Crippen molar-refractivity contribution < 1.29 is 13.2 Å². The molecule has 0 aliphatic carbocycles. The lowest BCUT2D eigenvalue weighted by Crippen LogP contribution is -2.44. The predicted octanol–water partition coefficient (Wildman–Crippen LogP) is 1.60. The van der Waals surface area contributed by atoms with E-state index in [4.69, 9.17) is 0 Å². The minimum absolute atomic E-state index is 0.0183. The van der Waals surface area contributed by atoms with Gasteiger partial charge >= 0.3 is 0 Å². The molecule has 1 amide bonds. The number of nitrogens with zero attached hydrogens (tertiary/aromatic N) is 2. The highest BCUT2D eigenvalue weighted by atomic mass is 32.2. The zero-order valence-electron chi connectivity index (χ0n) is 12.2. The van der Waals surface area contributed by atoms with Gasteiger partial charge in [0.25, 0.3) is 0 Å². The second kappa shape index (κ2) is 6.79. The van der Waals surface area contributed by atoms with E-state index in [1.807, 2.05) is 32.0 Å². The monoisotopic (exact) mass is 328 g/mol. The lowest BCUT2D eigenvalue weighted by molar-refractivity contribution is -0.131. The van der Waals surface area contributed by atoms with Crippen LogP contribution in [0.5, 0.6) is 0 Å². The Hall–Kier alpha value is -1.08. The summed E-state index contributed by atoms with van der Waals surface area (Å²) in [6.07, 6.45) is 2.24. The summed E-state index contributed by atoms with van der Waals surface area (Å²) in [6, 6.07) is 5.40. The summed E-state index contributed by atoms with van der Waals surface area (Å²) >= 11 is 1.40. The van der Waals surface area contributed by atoms with E-state index in [0.29, 0.717) is 13.0 Å². The zero-order chi connectivity index (χ0) is 15.5. The van der Waals surface area contributed by atoms with Crippen molar-refractivity contribution in [2.45, 2.75) is 36.6 Å². The Kier molecular flexibility index (Phi) is 5.27. The minimum atomic E-state index is -2.98. The molecule has 0 N–H and O–H groups in total. The van der Waals surface area contributed by atoms with Crippen molar-refractivity contribution in [3.05, 3.63) is 24.4 Å². The number of thioether (sulfide) groups is 1. The van der Waals surface area contributed by atoms with Crippen molar-refractivity contribution in [2.75, 3.05) is 18.1 Å². The Morgan fingerprint density at radius 2 is 2.29 bits per heavy atom. The van der Waals surface area contributed by atoms with Crippen molar-refractivity contribution in [3.63, 3.8) is 0 Å². The zero-order valence-corrected chi connectivity index (χ0v) is 13.9. The van der Waals surface area contributed by atoms with Crippen LogP contribution in [-0.4, -0.2) is 53.6 Å². The fourth-order valence-corrected chi connectivity index (χ4v) is 5.11. The number of carbonyl (C=O) groups is 1. The van der Waals surface area contributed by atoms with Gasteiger partial charge in [-0.25, -0.2) is 13.4 Å². The first-order valence-corrected chi connectivity index (χ1v) is 9.71. The quantitative estimate of drug-likeness (QED) is 0.768. The molecule has 1 saturated heterocycles. The maximum absolute atomic E-state index is 12.6. The van der Waals surface area contributed by atoms with Crippen molar-refractivity contribution in [2.24, 2.45) is 0 Å². The highest BCUT2D eigenvalue weighted by molar-refractivity contribution is 8.00. The molecule has 2 heterocycles. The molecule has 116 valence electrons. The van der Waals surface area contributed by atoms with Gasteiger partial charge in [0.2, 0.25) is 5.91 Å². The maximum Gasteiger partial charge on any atom is 0.236 e. The second-order valence-electron chi connectivity index (χ2n) is 5.11. The number of carbonyl (C=O) groups excluding carboxylic acids is 1. The van der Waals surface area contributed by atoms with Crippen molar-refractivity contribution >= 4 is 27.5 Å². The molecule has 0 spiro atoms. The highest BCUT2D eigenvalue weighted by Gasteiger charge is 2.35. The molecule has 1 aliphatic rings. The van der Waals surface area contributed by atoms with E-state index < -0.39 is 9.84 Å². The van der Waals surface area contributed by atoms with Gasteiger partial charge in [-0.3, -0.25) is 4.79 Å². The smallest absolute Gasteiger partial charge is 0.236 e. The molecule has 2 rings (SSSR count). The number of hydrogen-bond donors (Lipinski definition) is 0. The van der Waals surface area contributed by atoms with Gasteiger partial charge in [-0.05, 0) is 32.4 Å². The molecule has 7 heteroatoms. The summed E-state index contributed by atoms with van der Waals surface area (Å²) in [5.41, 5.74) is 0. The molecule has 0 bridgehead atoms. The Morgan fingerprint density at radius 1 is 1.52 bits per heavy atom. The molecule has 5 nitrogen and oxygen atoms in total. The first-order valence-electron chi connectivity index (χ1n) is 7.01. The first kappa shape index (κ1) is 16.3. The fourth-order valence-electron chi connectivity index (χ4n) is 2.50. The van der Waals surface area contributed by atoms with Gasteiger partial charge in [0.05, 0.1) is 21.8 Å². The van der Waals surface area contributed by atoms with E-state index in [1.54, 1.807) is 11.1 Å². The summed E-state index contributed by atoms with van der Waals surface area (Å²) < 4.78 is 23.2. The third kappa shape index (κ3) is 4.20. The van der Waals surface area contributed by atoms with Crippen molar-refractivity contribution in [1.82, 2.24) is 9.88 Å². The third-order valence-corrected chi connectivity index (χ3v) is 6.34. The third-order valence-electron chi connectivity index (χ3n) is 3.56. The maximum atomic E-state index is 12.6. The fraction of sp³-hybridized carbons (Fsp3) is 0.571. The van der Waals surface area contributed by atoms with E-state index >= 15 is 0 Å². The van der Waals surface area contributed by atoms with Gasteiger partial charge in [0.15, 0.2) is 9.84 Å². The van der Waals surface area contributed by atoms with Gasteiger partial charge in [-0.15, -0.1) is 0 Å². The normalized spacial score (nSPS) is 21.9. The summed E-state index contributed by atoms with van der Waals surface area (Å²) in [5.74, 6) is 0.256. The van der Waals surface area contributed by atoms with Gasteiger partial charge < -0.3 is 4.90 Å². The number of pyridine rings is 1. The Labute approximate surface area is 130 Å².